The lowest BCUT2D eigenvalue weighted by molar-refractivity contribution is 0.548. The summed E-state index contributed by atoms with van der Waals surface area (Å²) in [5, 5.41) is 1.09. The van der Waals surface area contributed by atoms with Crippen molar-refractivity contribution >= 4 is 11.3 Å². The average molecular weight is 182 g/mol. The van der Waals surface area contributed by atoms with Crippen molar-refractivity contribution in [1.29, 1.82) is 0 Å². The van der Waals surface area contributed by atoms with Crippen LogP contribution in [0.3, 0.4) is 0 Å². The minimum absolute atomic E-state index is 0.255. The van der Waals surface area contributed by atoms with E-state index in [0.717, 1.165) is 11.4 Å². The molecule has 12 heavy (non-hydrogen) atoms. The summed E-state index contributed by atoms with van der Waals surface area (Å²) in [6.07, 6.45) is 3.64. The van der Waals surface area contributed by atoms with Gasteiger partial charge >= 0.3 is 0 Å². The summed E-state index contributed by atoms with van der Waals surface area (Å²) in [6.45, 7) is 4.03. The highest BCUT2D eigenvalue weighted by atomic mass is 32.1. The number of hydrogen-bond acceptors (Lipinski definition) is 3. The third kappa shape index (κ3) is 1.27. The summed E-state index contributed by atoms with van der Waals surface area (Å²) in [5.41, 5.74) is 7.01. The quantitative estimate of drug-likeness (QED) is 0.719. The number of rotatable bonds is 1. The lowest BCUT2D eigenvalue weighted by atomic mass is 10.1. The maximum atomic E-state index is 5.97. The molecule has 0 spiro atoms. The SMILES string of the molecule is CC(C)(N)c1nc2c(s1)CCC2. The first kappa shape index (κ1) is 8.20. The van der Waals surface area contributed by atoms with Crippen LogP contribution in [0.1, 0.15) is 35.8 Å². The lowest BCUT2D eigenvalue weighted by Crippen LogP contribution is -2.28. The highest BCUT2D eigenvalue weighted by Crippen LogP contribution is 2.31. The van der Waals surface area contributed by atoms with Crippen molar-refractivity contribution < 1.29 is 0 Å². The van der Waals surface area contributed by atoms with Crippen molar-refractivity contribution in [3.8, 4) is 0 Å². The zero-order valence-corrected chi connectivity index (χ0v) is 8.37. The molecule has 0 bridgehead atoms. The van der Waals surface area contributed by atoms with Gasteiger partial charge in [-0.1, -0.05) is 0 Å². The molecule has 1 aromatic heterocycles. The molecule has 0 atom stereocenters. The highest BCUT2D eigenvalue weighted by Gasteiger charge is 2.23. The molecular formula is C9H14N2S. The van der Waals surface area contributed by atoms with E-state index >= 15 is 0 Å². The standard InChI is InChI=1S/C9H14N2S/c1-9(2,10)8-11-6-4-3-5-7(6)12-8/h3-5,10H2,1-2H3. The number of nitrogens with zero attached hydrogens (tertiary/aromatic N) is 1. The zero-order chi connectivity index (χ0) is 8.77. The van der Waals surface area contributed by atoms with Gasteiger partial charge in [-0.3, -0.25) is 0 Å². The Kier molecular flexibility index (Phi) is 1.73. The monoisotopic (exact) mass is 182 g/mol. The van der Waals surface area contributed by atoms with Crippen LogP contribution in [0.15, 0.2) is 0 Å². The van der Waals surface area contributed by atoms with E-state index in [1.807, 2.05) is 13.8 Å². The van der Waals surface area contributed by atoms with Crippen LogP contribution >= 0.6 is 11.3 Å². The fourth-order valence-corrected chi connectivity index (χ4v) is 2.63. The number of aromatic nitrogens is 1. The summed E-state index contributed by atoms with van der Waals surface area (Å²) in [5.74, 6) is 0. The summed E-state index contributed by atoms with van der Waals surface area (Å²) in [6, 6.07) is 0. The number of thiazole rings is 1. The van der Waals surface area contributed by atoms with E-state index in [4.69, 9.17) is 5.73 Å². The first-order valence-electron chi connectivity index (χ1n) is 4.35. The van der Waals surface area contributed by atoms with Gasteiger partial charge in [0.1, 0.15) is 5.01 Å². The van der Waals surface area contributed by atoms with Crippen molar-refractivity contribution in [2.75, 3.05) is 0 Å². The Morgan fingerprint density at radius 2 is 2.17 bits per heavy atom. The molecule has 0 radical (unpaired) electrons. The molecular weight excluding hydrogens is 168 g/mol. The smallest absolute Gasteiger partial charge is 0.112 e. The third-order valence-corrected chi connectivity index (χ3v) is 3.64. The van der Waals surface area contributed by atoms with Gasteiger partial charge < -0.3 is 5.73 Å². The number of fused-ring (bicyclic) bond motifs is 1. The van der Waals surface area contributed by atoms with Crippen molar-refractivity contribution in [3.63, 3.8) is 0 Å². The van der Waals surface area contributed by atoms with Crippen LogP contribution in [0.2, 0.25) is 0 Å². The minimum Gasteiger partial charge on any atom is -0.320 e. The predicted molar refractivity (Wildman–Crippen MR) is 51.4 cm³/mol. The summed E-state index contributed by atoms with van der Waals surface area (Å²) in [7, 11) is 0. The minimum atomic E-state index is -0.255. The molecule has 2 rings (SSSR count). The topological polar surface area (TPSA) is 38.9 Å². The maximum absolute atomic E-state index is 5.97. The molecule has 0 saturated heterocycles. The van der Waals surface area contributed by atoms with E-state index in [1.54, 1.807) is 11.3 Å². The van der Waals surface area contributed by atoms with Crippen LogP contribution in [-0.2, 0) is 18.4 Å². The van der Waals surface area contributed by atoms with E-state index in [-0.39, 0.29) is 5.54 Å². The Morgan fingerprint density at radius 3 is 2.75 bits per heavy atom. The second-order valence-corrected chi connectivity index (χ2v) is 5.05. The van der Waals surface area contributed by atoms with Crippen LogP contribution in [0.5, 0.6) is 0 Å². The highest BCUT2D eigenvalue weighted by molar-refractivity contribution is 7.11. The molecule has 0 aliphatic heterocycles. The predicted octanol–water partition coefficient (Wildman–Crippen LogP) is 1.83. The van der Waals surface area contributed by atoms with E-state index in [0.29, 0.717) is 0 Å². The van der Waals surface area contributed by atoms with Crippen molar-refractivity contribution in [2.45, 2.75) is 38.6 Å². The molecule has 1 aromatic rings. The molecule has 0 unspecified atom stereocenters. The first-order valence-corrected chi connectivity index (χ1v) is 5.17. The van der Waals surface area contributed by atoms with Gasteiger partial charge in [0, 0.05) is 4.88 Å². The molecule has 1 heterocycles. The van der Waals surface area contributed by atoms with Crippen LogP contribution in [-0.4, -0.2) is 4.98 Å². The Morgan fingerprint density at radius 1 is 1.42 bits per heavy atom. The molecule has 0 fully saturated rings. The molecule has 1 aliphatic rings. The summed E-state index contributed by atoms with van der Waals surface area (Å²) >= 11 is 1.79. The van der Waals surface area contributed by atoms with Gasteiger partial charge in [-0.05, 0) is 33.1 Å². The zero-order valence-electron chi connectivity index (χ0n) is 7.55. The maximum Gasteiger partial charge on any atom is 0.112 e. The number of nitrogens with two attached hydrogens (primary N) is 1. The average Bonchev–Trinajstić information content (AvgIpc) is 2.37. The van der Waals surface area contributed by atoms with E-state index in [1.165, 1.54) is 23.4 Å². The largest absolute Gasteiger partial charge is 0.320 e. The Hall–Kier alpha value is -0.410. The second-order valence-electron chi connectivity index (χ2n) is 3.96. The van der Waals surface area contributed by atoms with Crippen molar-refractivity contribution in [2.24, 2.45) is 5.73 Å². The second kappa shape index (κ2) is 2.54. The molecule has 0 aromatic carbocycles. The Labute approximate surface area is 76.8 Å². The van der Waals surface area contributed by atoms with Gasteiger partial charge in [0.2, 0.25) is 0 Å². The normalized spacial score (nSPS) is 16.6. The Balaban J connectivity index is 2.38. The Bertz CT molecular complexity index is 274. The van der Waals surface area contributed by atoms with E-state index in [2.05, 4.69) is 4.98 Å². The van der Waals surface area contributed by atoms with Gasteiger partial charge in [-0.25, -0.2) is 4.98 Å². The van der Waals surface area contributed by atoms with Crippen LogP contribution in [0.4, 0.5) is 0 Å². The van der Waals surface area contributed by atoms with Gasteiger partial charge in [-0.2, -0.15) is 0 Å². The molecule has 2 nitrogen and oxygen atoms in total. The van der Waals surface area contributed by atoms with Crippen molar-refractivity contribution in [1.82, 2.24) is 4.98 Å². The fraction of sp³-hybridized carbons (Fsp3) is 0.667. The number of hydrogen-bond donors (Lipinski definition) is 1. The van der Waals surface area contributed by atoms with Crippen LogP contribution in [0.25, 0.3) is 0 Å². The third-order valence-electron chi connectivity index (χ3n) is 2.15. The van der Waals surface area contributed by atoms with Gasteiger partial charge in [-0.15, -0.1) is 11.3 Å². The molecule has 66 valence electrons. The molecule has 0 saturated carbocycles. The summed E-state index contributed by atoms with van der Waals surface area (Å²) in [4.78, 5) is 6.02. The molecule has 1 aliphatic carbocycles. The van der Waals surface area contributed by atoms with Crippen LogP contribution < -0.4 is 5.73 Å². The van der Waals surface area contributed by atoms with E-state index < -0.39 is 0 Å². The van der Waals surface area contributed by atoms with Gasteiger partial charge in [0.25, 0.3) is 0 Å². The van der Waals surface area contributed by atoms with Crippen molar-refractivity contribution in [3.05, 3.63) is 15.6 Å². The molecule has 3 heteroatoms. The molecule has 2 N–H and O–H groups in total. The van der Waals surface area contributed by atoms with Crippen LogP contribution in [0, 0.1) is 0 Å². The van der Waals surface area contributed by atoms with Gasteiger partial charge in [0.05, 0.1) is 11.2 Å². The van der Waals surface area contributed by atoms with E-state index in [9.17, 15) is 0 Å². The fourth-order valence-electron chi connectivity index (χ4n) is 1.47. The summed E-state index contributed by atoms with van der Waals surface area (Å²) < 4.78 is 0. The lowest BCUT2D eigenvalue weighted by Gasteiger charge is -2.14. The molecule has 0 amide bonds. The first-order chi connectivity index (χ1) is 5.57. The number of aryl methyl sites for hydroxylation is 2. The van der Waals surface area contributed by atoms with Gasteiger partial charge in [0.15, 0.2) is 0 Å².